The van der Waals surface area contributed by atoms with Gasteiger partial charge in [-0.05, 0) is 23.8 Å². The first-order chi connectivity index (χ1) is 11.3. The molecule has 0 bridgehead atoms. The fourth-order valence-corrected chi connectivity index (χ4v) is 2.24. The van der Waals surface area contributed by atoms with Gasteiger partial charge in [0.05, 0.1) is 24.0 Å². The minimum atomic E-state index is -4.42. The predicted molar refractivity (Wildman–Crippen MR) is 86.1 cm³/mol. The van der Waals surface area contributed by atoms with E-state index in [0.29, 0.717) is 17.1 Å². The van der Waals surface area contributed by atoms with Gasteiger partial charge in [-0.25, -0.2) is 0 Å². The number of carbonyl (C=O) groups is 1. The fourth-order valence-electron chi connectivity index (χ4n) is 2.24. The highest BCUT2D eigenvalue weighted by Gasteiger charge is 2.32. The van der Waals surface area contributed by atoms with Crippen LogP contribution in [0.3, 0.4) is 0 Å². The molecule has 0 fully saturated rings. The molecule has 0 saturated heterocycles. The smallest absolute Gasteiger partial charge is 0.416 e. The molecule has 0 heterocycles. The van der Waals surface area contributed by atoms with E-state index >= 15 is 0 Å². The zero-order valence-corrected chi connectivity index (χ0v) is 13.2. The molecule has 128 valence electrons. The summed E-state index contributed by atoms with van der Waals surface area (Å²) in [7, 11) is 1.48. The average molecular weight is 338 g/mol. The summed E-state index contributed by atoms with van der Waals surface area (Å²) in [5, 5.41) is 5.55. The number of ether oxygens (including phenoxy) is 1. The quantitative estimate of drug-likeness (QED) is 0.855. The minimum Gasteiger partial charge on any atom is -0.497 e. The molecular weight excluding hydrogens is 321 g/mol. The van der Waals surface area contributed by atoms with Crippen molar-refractivity contribution >= 4 is 17.3 Å². The van der Waals surface area contributed by atoms with Gasteiger partial charge in [-0.3, -0.25) is 4.79 Å². The van der Waals surface area contributed by atoms with Gasteiger partial charge in [0.15, 0.2) is 0 Å². The molecule has 0 spiro atoms. The maximum atomic E-state index is 13.0. The van der Waals surface area contributed by atoms with Crippen molar-refractivity contribution in [1.82, 2.24) is 0 Å². The zero-order chi connectivity index (χ0) is 17.7. The van der Waals surface area contributed by atoms with E-state index in [0.717, 1.165) is 6.07 Å². The maximum Gasteiger partial charge on any atom is 0.416 e. The van der Waals surface area contributed by atoms with Gasteiger partial charge < -0.3 is 15.4 Å². The number of hydrogen-bond donors (Lipinski definition) is 2. The molecule has 2 aromatic carbocycles. The van der Waals surface area contributed by atoms with Crippen LogP contribution in [0.1, 0.15) is 18.1 Å². The molecule has 7 heteroatoms. The van der Waals surface area contributed by atoms with E-state index in [4.69, 9.17) is 4.74 Å². The molecule has 0 unspecified atom stereocenters. The van der Waals surface area contributed by atoms with Crippen molar-refractivity contribution in [3.8, 4) is 5.75 Å². The second-order valence-corrected chi connectivity index (χ2v) is 5.10. The molecule has 0 atom stereocenters. The van der Waals surface area contributed by atoms with E-state index in [9.17, 15) is 18.0 Å². The molecule has 0 aromatic heterocycles. The summed E-state index contributed by atoms with van der Waals surface area (Å²) in [6, 6.07) is 10.2. The first-order valence-electron chi connectivity index (χ1n) is 7.16. The Labute approximate surface area is 137 Å². The maximum absolute atomic E-state index is 13.0. The van der Waals surface area contributed by atoms with Crippen molar-refractivity contribution in [1.29, 1.82) is 0 Å². The Balaban J connectivity index is 2.27. The number of amides is 1. The van der Waals surface area contributed by atoms with Crippen LogP contribution in [0.2, 0.25) is 0 Å². The van der Waals surface area contributed by atoms with Gasteiger partial charge in [-0.1, -0.05) is 18.2 Å². The number of nitrogens with one attached hydrogen (secondary N) is 2. The number of methoxy groups -OCH3 is 1. The van der Waals surface area contributed by atoms with Gasteiger partial charge >= 0.3 is 6.18 Å². The first kappa shape index (κ1) is 17.7. The van der Waals surface area contributed by atoms with Crippen molar-refractivity contribution in [3.05, 3.63) is 53.6 Å². The van der Waals surface area contributed by atoms with Gasteiger partial charge in [0.25, 0.3) is 0 Å². The third-order valence-corrected chi connectivity index (χ3v) is 3.33. The Morgan fingerprint density at radius 1 is 1.12 bits per heavy atom. The summed E-state index contributed by atoms with van der Waals surface area (Å²) < 4.78 is 44.2. The van der Waals surface area contributed by atoms with E-state index < -0.39 is 11.7 Å². The van der Waals surface area contributed by atoms with Gasteiger partial charge in [-0.2, -0.15) is 13.2 Å². The molecule has 0 aliphatic heterocycles. The normalized spacial score (nSPS) is 11.0. The molecule has 0 aliphatic carbocycles. The molecule has 0 saturated carbocycles. The average Bonchev–Trinajstić information content (AvgIpc) is 2.53. The molecule has 4 nitrogen and oxygen atoms in total. The lowest BCUT2D eigenvalue weighted by Gasteiger charge is -2.16. The number of hydrogen-bond acceptors (Lipinski definition) is 3. The van der Waals surface area contributed by atoms with E-state index in [1.165, 1.54) is 26.2 Å². The Hall–Kier alpha value is -2.70. The third-order valence-electron chi connectivity index (χ3n) is 3.33. The van der Waals surface area contributed by atoms with Crippen molar-refractivity contribution in [2.24, 2.45) is 0 Å². The Bertz CT molecular complexity index is 730. The van der Waals surface area contributed by atoms with Gasteiger partial charge in [0, 0.05) is 19.5 Å². The van der Waals surface area contributed by atoms with Crippen LogP contribution >= 0.6 is 0 Å². The molecule has 2 N–H and O–H groups in total. The lowest BCUT2D eigenvalue weighted by Crippen LogP contribution is -2.13. The Morgan fingerprint density at radius 3 is 2.46 bits per heavy atom. The van der Waals surface area contributed by atoms with Gasteiger partial charge in [0.2, 0.25) is 5.91 Å². The molecule has 1 amide bonds. The largest absolute Gasteiger partial charge is 0.497 e. The number of halogens is 3. The minimum absolute atomic E-state index is 0.0462. The lowest BCUT2D eigenvalue weighted by atomic mass is 10.1. The van der Waals surface area contributed by atoms with Crippen molar-refractivity contribution in [3.63, 3.8) is 0 Å². The predicted octanol–water partition coefficient (Wildman–Crippen LogP) is 4.28. The number of alkyl halides is 3. The fraction of sp³-hybridized carbons (Fsp3) is 0.235. The zero-order valence-electron chi connectivity index (χ0n) is 13.2. The number of benzene rings is 2. The third kappa shape index (κ3) is 4.41. The molecule has 24 heavy (non-hydrogen) atoms. The van der Waals surface area contributed by atoms with Crippen LogP contribution in [-0.2, 0) is 17.5 Å². The van der Waals surface area contributed by atoms with Crippen LogP contribution in [0.15, 0.2) is 42.5 Å². The molecule has 0 radical (unpaired) electrons. The first-order valence-corrected chi connectivity index (χ1v) is 7.16. The topological polar surface area (TPSA) is 50.4 Å². The van der Waals surface area contributed by atoms with E-state index in [-0.39, 0.29) is 18.0 Å². The second-order valence-electron chi connectivity index (χ2n) is 5.10. The van der Waals surface area contributed by atoms with E-state index in [1.54, 1.807) is 24.3 Å². The summed E-state index contributed by atoms with van der Waals surface area (Å²) in [6.45, 7) is 1.31. The summed E-state index contributed by atoms with van der Waals surface area (Å²) in [6.07, 6.45) is -4.42. The highest BCUT2D eigenvalue weighted by Crippen LogP contribution is 2.33. The molecule has 2 aromatic rings. The van der Waals surface area contributed by atoms with Gasteiger partial charge in [0.1, 0.15) is 5.75 Å². The molecule has 0 aliphatic rings. The van der Waals surface area contributed by atoms with E-state index in [2.05, 4.69) is 10.6 Å². The second kappa shape index (κ2) is 7.25. The number of rotatable bonds is 5. The van der Waals surface area contributed by atoms with Crippen LogP contribution in [0, 0.1) is 0 Å². The van der Waals surface area contributed by atoms with Crippen LogP contribution in [0.5, 0.6) is 5.75 Å². The standard InChI is InChI=1S/C17H17F3N2O2/c1-11(23)22-15-8-7-13(24-2)9-16(15)21-10-12-5-3-4-6-14(12)17(18,19)20/h3-9,21H,10H2,1-2H3,(H,22,23). The molecular formula is C17H17F3N2O2. The van der Waals surface area contributed by atoms with Crippen LogP contribution in [0.25, 0.3) is 0 Å². The highest BCUT2D eigenvalue weighted by molar-refractivity contribution is 5.92. The summed E-state index contributed by atoms with van der Waals surface area (Å²) >= 11 is 0. The summed E-state index contributed by atoms with van der Waals surface area (Å²) in [5.74, 6) is 0.245. The summed E-state index contributed by atoms with van der Waals surface area (Å²) in [4.78, 5) is 11.3. The van der Waals surface area contributed by atoms with Crippen molar-refractivity contribution in [2.45, 2.75) is 19.6 Å². The van der Waals surface area contributed by atoms with Crippen LogP contribution in [-0.4, -0.2) is 13.0 Å². The van der Waals surface area contributed by atoms with Crippen molar-refractivity contribution in [2.75, 3.05) is 17.7 Å². The lowest BCUT2D eigenvalue weighted by molar-refractivity contribution is -0.138. The van der Waals surface area contributed by atoms with E-state index in [1.807, 2.05) is 0 Å². The van der Waals surface area contributed by atoms with Crippen molar-refractivity contribution < 1.29 is 22.7 Å². The Kier molecular flexibility index (Phi) is 5.33. The van der Waals surface area contributed by atoms with Crippen LogP contribution < -0.4 is 15.4 Å². The highest BCUT2D eigenvalue weighted by atomic mass is 19.4. The number of carbonyl (C=O) groups excluding carboxylic acids is 1. The SMILES string of the molecule is COc1ccc(NC(C)=O)c(NCc2ccccc2C(F)(F)F)c1. The molecule has 2 rings (SSSR count). The Morgan fingerprint density at radius 2 is 1.83 bits per heavy atom. The van der Waals surface area contributed by atoms with Gasteiger partial charge in [-0.15, -0.1) is 0 Å². The van der Waals surface area contributed by atoms with Crippen LogP contribution in [0.4, 0.5) is 24.5 Å². The summed E-state index contributed by atoms with van der Waals surface area (Å²) in [5.41, 5.74) is 0.359. The monoisotopic (exact) mass is 338 g/mol. The number of anilines is 2.